The lowest BCUT2D eigenvalue weighted by Gasteiger charge is -2.05. The van der Waals surface area contributed by atoms with Gasteiger partial charge in [0.05, 0.1) is 6.04 Å². The van der Waals surface area contributed by atoms with Gasteiger partial charge in [-0.1, -0.05) is 12.1 Å². The molecular weight excluding hydrogens is 301 g/mol. The molecule has 1 saturated heterocycles. The third kappa shape index (κ3) is 3.69. The molecule has 1 aromatic carbocycles. The van der Waals surface area contributed by atoms with E-state index in [0.29, 0.717) is 24.7 Å². The second-order valence-corrected chi connectivity index (χ2v) is 6.25. The van der Waals surface area contributed by atoms with Crippen molar-refractivity contribution in [2.45, 2.75) is 25.3 Å². The number of carbonyl (C=O) groups is 1. The molecule has 116 valence electrons. The van der Waals surface area contributed by atoms with E-state index in [0.717, 1.165) is 30.0 Å². The molecule has 1 atom stereocenters. The summed E-state index contributed by atoms with van der Waals surface area (Å²) >= 11 is 1.52. The van der Waals surface area contributed by atoms with E-state index in [9.17, 15) is 9.18 Å². The van der Waals surface area contributed by atoms with Gasteiger partial charge in [0.25, 0.3) is 5.91 Å². The molecule has 2 heterocycles. The molecule has 1 aromatic heterocycles. The third-order valence-electron chi connectivity index (χ3n) is 3.70. The van der Waals surface area contributed by atoms with Crippen molar-refractivity contribution in [3.63, 3.8) is 0 Å². The summed E-state index contributed by atoms with van der Waals surface area (Å²) in [5.41, 5.74) is 1.34. The van der Waals surface area contributed by atoms with Crippen molar-refractivity contribution in [3.8, 4) is 0 Å². The van der Waals surface area contributed by atoms with E-state index in [1.54, 1.807) is 11.4 Å². The lowest BCUT2D eigenvalue weighted by molar-refractivity contribution is 0.0949. The molecule has 0 saturated carbocycles. The van der Waals surface area contributed by atoms with E-state index in [1.807, 2.05) is 6.07 Å². The Morgan fingerprint density at radius 2 is 2.41 bits per heavy atom. The maximum Gasteiger partial charge on any atom is 0.270 e. The Hall–Kier alpha value is -1.79. The quantitative estimate of drug-likeness (QED) is 0.891. The van der Waals surface area contributed by atoms with Gasteiger partial charge in [0, 0.05) is 11.9 Å². The number of carbonyl (C=O) groups excluding carboxylic acids is 1. The largest absolute Gasteiger partial charge is 0.350 e. The lowest BCUT2D eigenvalue weighted by atomic mass is 10.1. The monoisotopic (exact) mass is 319 g/mol. The highest BCUT2D eigenvalue weighted by atomic mass is 32.1. The zero-order valence-corrected chi connectivity index (χ0v) is 13.0. The molecule has 22 heavy (non-hydrogen) atoms. The van der Waals surface area contributed by atoms with Crippen molar-refractivity contribution >= 4 is 17.2 Å². The van der Waals surface area contributed by atoms with Crippen molar-refractivity contribution < 1.29 is 9.18 Å². The Morgan fingerprint density at radius 3 is 3.18 bits per heavy atom. The number of nitrogens with zero attached hydrogens (tertiary/aromatic N) is 1. The van der Waals surface area contributed by atoms with Crippen LogP contribution in [0.5, 0.6) is 0 Å². The molecule has 2 N–H and O–H groups in total. The summed E-state index contributed by atoms with van der Waals surface area (Å²) in [7, 11) is 0. The van der Waals surface area contributed by atoms with Crippen LogP contribution in [0.15, 0.2) is 29.6 Å². The number of hydrogen-bond donors (Lipinski definition) is 2. The van der Waals surface area contributed by atoms with E-state index >= 15 is 0 Å². The normalized spacial score (nSPS) is 17.6. The molecule has 4 nitrogen and oxygen atoms in total. The van der Waals surface area contributed by atoms with Crippen LogP contribution in [-0.4, -0.2) is 24.0 Å². The van der Waals surface area contributed by atoms with Crippen LogP contribution in [0.25, 0.3) is 0 Å². The summed E-state index contributed by atoms with van der Waals surface area (Å²) in [6, 6.07) is 6.71. The molecule has 2 aromatic rings. The Morgan fingerprint density at radius 1 is 1.50 bits per heavy atom. The van der Waals surface area contributed by atoms with Gasteiger partial charge in [-0.25, -0.2) is 9.37 Å². The number of rotatable bonds is 5. The summed E-state index contributed by atoms with van der Waals surface area (Å²) in [4.78, 5) is 16.5. The van der Waals surface area contributed by atoms with Crippen LogP contribution in [0.3, 0.4) is 0 Å². The van der Waals surface area contributed by atoms with Gasteiger partial charge in [0.2, 0.25) is 0 Å². The van der Waals surface area contributed by atoms with Crippen LogP contribution < -0.4 is 10.6 Å². The SMILES string of the molecule is O=C(NCCc1cccc(F)c1)c1csc(C2CCCN2)n1. The molecule has 0 aliphatic carbocycles. The van der Waals surface area contributed by atoms with Crippen LogP contribution in [0.2, 0.25) is 0 Å². The fourth-order valence-corrected chi connectivity index (χ4v) is 3.46. The van der Waals surface area contributed by atoms with Gasteiger partial charge in [0.1, 0.15) is 16.5 Å². The number of thiazole rings is 1. The zero-order chi connectivity index (χ0) is 15.4. The molecular formula is C16H18FN3OS. The molecule has 0 spiro atoms. The molecule has 6 heteroatoms. The van der Waals surface area contributed by atoms with Gasteiger partial charge in [-0.15, -0.1) is 11.3 Å². The first-order valence-corrected chi connectivity index (χ1v) is 8.32. The van der Waals surface area contributed by atoms with Crippen molar-refractivity contribution in [3.05, 3.63) is 51.7 Å². The van der Waals surface area contributed by atoms with Gasteiger partial charge in [0.15, 0.2) is 0 Å². The smallest absolute Gasteiger partial charge is 0.270 e. The number of nitrogens with one attached hydrogen (secondary N) is 2. The fraction of sp³-hybridized carbons (Fsp3) is 0.375. The first-order valence-electron chi connectivity index (χ1n) is 7.44. The summed E-state index contributed by atoms with van der Waals surface area (Å²) in [6.07, 6.45) is 2.83. The van der Waals surface area contributed by atoms with Gasteiger partial charge in [-0.2, -0.15) is 0 Å². The third-order valence-corrected chi connectivity index (χ3v) is 4.66. The Bertz CT molecular complexity index is 652. The first-order chi connectivity index (χ1) is 10.7. The van der Waals surface area contributed by atoms with E-state index in [1.165, 1.54) is 23.5 Å². The number of benzene rings is 1. The predicted molar refractivity (Wildman–Crippen MR) is 84.5 cm³/mol. The summed E-state index contributed by atoms with van der Waals surface area (Å²) in [6.45, 7) is 1.48. The van der Waals surface area contributed by atoms with E-state index in [4.69, 9.17) is 0 Å². The minimum absolute atomic E-state index is 0.170. The minimum atomic E-state index is -0.253. The second kappa shape index (κ2) is 6.98. The van der Waals surface area contributed by atoms with E-state index in [2.05, 4.69) is 15.6 Å². The first kappa shape index (κ1) is 15.1. The van der Waals surface area contributed by atoms with Crippen molar-refractivity contribution in [2.75, 3.05) is 13.1 Å². The standard InChI is InChI=1S/C16H18FN3OS/c17-12-4-1-3-11(9-12)6-8-19-15(21)14-10-22-16(20-14)13-5-2-7-18-13/h1,3-4,9-10,13,18H,2,5-8H2,(H,19,21). The van der Waals surface area contributed by atoms with E-state index < -0.39 is 0 Å². The number of hydrogen-bond acceptors (Lipinski definition) is 4. The minimum Gasteiger partial charge on any atom is -0.350 e. The van der Waals surface area contributed by atoms with Crippen molar-refractivity contribution in [2.24, 2.45) is 0 Å². The van der Waals surface area contributed by atoms with E-state index in [-0.39, 0.29) is 11.7 Å². The summed E-state index contributed by atoms with van der Waals surface area (Å²) < 4.78 is 13.1. The Labute approximate surface area is 132 Å². The lowest BCUT2D eigenvalue weighted by Crippen LogP contribution is -2.26. The summed E-state index contributed by atoms with van der Waals surface area (Å²) in [5, 5.41) is 8.99. The predicted octanol–water partition coefficient (Wildman–Crippen LogP) is 2.68. The number of halogens is 1. The molecule has 0 radical (unpaired) electrons. The van der Waals surface area contributed by atoms with Gasteiger partial charge >= 0.3 is 0 Å². The van der Waals surface area contributed by atoms with Gasteiger partial charge in [-0.05, 0) is 43.5 Å². The molecule has 1 aliphatic rings. The highest BCUT2D eigenvalue weighted by Gasteiger charge is 2.20. The average molecular weight is 319 g/mol. The Balaban J connectivity index is 1.51. The van der Waals surface area contributed by atoms with Crippen molar-refractivity contribution in [1.82, 2.24) is 15.6 Å². The molecule has 0 bridgehead atoms. The van der Waals surface area contributed by atoms with Crippen LogP contribution in [0.1, 0.15) is 39.9 Å². The van der Waals surface area contributed by atoms with Crippen molar-refractivity contribution in [1.29, 1.82) is 0 Å². The molecule has 1 fully saturated rings. The molecule has 1 amide bonds. The van der Waals surface area contributed by atoms with Crippen LogP contribution in [0.4, 0.5) is 4.39 Å². The zero-order valence-electron chi connectivity index (χ0n) is 12.1. The van der Waals surface area contributed by atoms with Crippen LogP contribution in [-0.2, 0) is 6.42 Å². The Kier molecular flexibility index (Phi) is 4.80. The van der Waals surface area contributed by atoms with Crippen LogP contribution >= 0.6 is 11.3 Å². The van der Waals surface area contributed by atoms with Gasteiger partial charge < -0.3 is 10.6 Å². The highest BCUT2D eigenvalue weighted by Crippen LogP contribution is 2.25. The number of aromatic nitrogens is 1. The molecule has 3 rings (SSSR count). The van der Waals surface area contributed by atoms with Gasteiger partial charge in [-0.3, -0.25) is 4.79 Å². The second-order valence-electron chi connectivity index (χ2n) is 5.36. The average Bonchev–Trinajstić information content (AvgIpc) is 3.18. The molecule has 1 unspecified atom stereocenters. The highest BCUT2D eigenvalue weighted by molar-refractivity contribution is 7.09. The number of amides is 1. The molecule has 1 aliphatic heterocycles. The maximum absolute atomic E-state index is 13.1. The van der Waals surface area contributed by atoms with Crippen LogP contribution in [0, 0.1) is 5.82 Å². The maximum atomic E-state index is 13.1. The fourth-order valence-electron chi connectivity index (χ4n) is 2.55. The topological polar surface area (TPSA) is 54.0 Å². The summed E-state index contributed by atoms with van der Waals surface area (Å²) in [5.74, 6) is -0.422.